The Labute approximate surface area is 179 Å². The molecule has 5 N–H and O–H groups in total. The molecule has 3 aromatic rings. The maximum Gasteiger partial charge on any atom is 0.332 e. The molecular weight excluding hydrogens is 398 g/mol. The number of nitrogens with zero attached hydrogens (tertiary/aromatic N) is 1. The molecule has 0 saturated carbocycles. The van der Waals surface area contributed by atoms with Gasteiger partial charge in [-0.3, -0.25) is 9.89 Å². The van der Waals surface area contributed by atoms with Gasteiger partial charge in [-0.05, 0) is 36.1 Å². The average Bonchev–Trinajstić information content (AvgIpc) is 3.25. The van der Waals surface area contributed by atoms with Crippen LogP contribution in [0.1, 0.15) is 41.2 Å². The third-order valence-corrected chi connectivity index (χ3v) is 4.95. The normalized spacial score (nSPS) is 13.9. The number of carbonyl (C=O) groups excluding carboxylic acids is 1. The summed E-state index contributed by atoms with van der Waals surface area (Å²) in [5, 5.41) is 37.7. The number of benzene rings is 2. The second-order valence-corrected chi connectivity index (χ2v) is 7.41. The molecule has 2 unspecified atom stereocenters. The second-order valence-electron chi connectivity index (χ2n) is 7.41. The van der Waals surface area contributed by atoms with E-state index in [1.54, 1.807) is 6.92 Å². The number of hydrogen-bond acceptors (Lipinski definition) is 5. The number of aliphatic carboxylic acids is 1. The number of nitrogens with one attached hydrogen (secondary N) is 2. The largest absolute Gasteiger partial charge is 0.479 e. The first kappa shape index (κ1) is 22.2. The van der Waals surface area contributed by atoms with Crippen LogP contribution in [-0.2, 0) is 11.2 Å². The summed E-state index contributed by atoms with van der Waals surface area (Å²) in [6.07, 6.45) is -2.24. The Hall–Kier alpha value is -3.49. The number of aromatic amines is 1. The van der Waals surface area contributed by atoms with Crippen LogP contribution in [0.25, 0.3) is 11.1 Å². The van der Waals surface area contributed by atoms with E-state index in [4.69, 9.17) is 5.11 Å². The van der Waals surface area contributed by atoms with Crippen LogP contribution in [0.5, 0.6) is 0 Å². The lowest BCUT2D eigenvalue weighted by Crippen LogP contribution is -2.40. The lowest BCUT2D eigenvalue weighted by Gasteiger charge is -2.20. The number of H-pyrrole nitrogens is 1. The zero-order chi connectivity index (χ0) is 22.4. The predicted molar refractivity (Wildman–Crippen MR) is 114 cm³/mol. The minimum absolute atomic E-state index is 0.0742. The summed E-state index contributed by atoms with van der Waals surface area (Å²) >= 11 is 0. The van der Waals surface area contributed by atoms with Crippen molar-refractivity contribution in [3.8, 4) is 11.1 Å². The van der Waals surface area contributed by atoms with Crippen molar-refractivity contribution in [2.45, 2.75) is 38.0 Å². The number of rotatable bonds is 9. The zero-order valence-corrected chi connectivity index (χ0v) is 17.0. The number of aliphatic hydroxyl groups is 2. The molecule has 0 spiro atoms. The average molecular weight is 423 g/mol. The van der Waals surface area contributed by atoms with Crippen molar-refractivity contribution in [3.05, 3.63) is 77.6 Å². The number of carbonyl (C=O) groups is 2. The van der Waals surface area contributed by atoms with Gasteiger partial charge in [-0.2, -0.15) is 5.10 Å². The van der Waals surface area contributed by atoms with Gasteiger partial charge in [-0.15, -0.1) is 0 Å². The van der Waals surface area contributed by atoms with Crippen molar-refractivity contribution in [2.24, 2.45) is 0 Å². The molecule has 1 amide bonds. The SMILES string of the molecule is C[C@H](O)c1cc(C(=O)NC(Cc2ccc(-c3ccccc3)cc2)CC(O)C(=O)O)n[nH]1. The molecule has 162 valence electrons. The molecule has 0 saturated heterocycles. The van der Waals surface area contributed by atoms with E-state index >= 15 is 0 Å². The maximum absolute atomic E-state index is 12.6. The van der Waals surface area contributed by atoms with E-state index in [1.165, 1.54) is 6.07 Å². The zero-order valence-electron chi connectivity index (χ0n) is 17.0. The topological polar surface area (TPSA) is 136 Å². The van der Waals surface area contributed by atoms with Gasteiger partial charge in [-0.1, -0.05) is 54.6 Å². The highest BCUT2D eigenvalue weighted by Crippen LogP contribution is 2.20. The molecule has 31 heavy (non-hydrogen) atoms. The Kier molecular flexibility index (Phi) is 7.17. The Bertz CT molecular complexity index is 1020. The minimum Gasteiger partial charge on any atom is -0.479 e. The molecule has 0 radical (unpaired) electrons. The first-order valence-electron chi connectivity index (χ1n) is 9.93. The summed E-state index contributed by atoms with van der Waals surface area (Å²) in [6.45, 7) is 1.54. The number of hydrogen-bond donors (Lipinski definition) is 5. The summed E-state index contributed by atoms with van der Waals surface area (Å²) in [5.41, 5.74) is 3.47. The predicted octanol–water partition coefficient (Wildman–Crippen LogP) is 2.31. The molecule has 1 aromatic heterocycles. The summed E-state index contributed by atoms with van der Waals surface area (Å²) in [5.74, 6) is -1.87. The summed E-state index contributed by atoms with van der Waals surface area (Å²) in [4.78, 5) is 23.7. The Morgan fingerprint density at radius 1 is 1.03 bits per heavy atom. The minimum atomic E-state index is -1.61. The van der Waals surface area contributed by atoms with E-state index < -0.39 is 30.1 Å². The molecule has 0 bridgehead atoms. The van der Waals surface area contributed by atoms with Crippen molar-refractivity contribution in [1.82, 2.24) is 15.5 Å². The van der Waals surface area contributed by atoms with Gasteiger partial charge in [0.1, 0.15) is 5.69 Å². The molecule has 0 fully saturated rings. The van der Waals surface area contributed by atoms with Gasteiger partial charge in [0.2, 0.25) is 0 Å². The highest BCUT2D eigenvalue weighted by molar-refractivity contribution is 5.92. The van der Waals surface area contributed by atoms with E-state index in [1.807, 2.05) is 54.6 Å². The van der Waals surface area contributed by atoms with Crippen molar-refractivity contribution in [3.63, 3.8) is 0 Å². The fourth-order valence-electron chi connectivity index (χ4n) is 3.24. The third kappa shape index (κ3) is 6.00. The van der Waals surface area contributed by atoms with E-state index in [0.717, 1.165) is 16.7 Å². The van der Waals surface area contributed by atoms with Gasteiger partial charge in [0, 0.05) is 12.5 Å². The molecule has 1 heterocycles. The Morgan fingerprint density at radius 2 is 1.68 bits per heavy atom. The highest BCUT2D eigenvalue weighted by atomic mass is 16.4. The van der Waals surface area contributed by atoms with Gasteiger partial charge in [0.05, 0.1) is 11.8 Å². The van der Waals surface area contributed by atoms with Gasteiger partial charge in [-0.25, -0.2) is 4.79 Å². The van der Waals surface area contributed by atoms with Gasteiger partial charge >= 0.3 is 5.97 Å². The number of carboxylic acid groups (broad SMARTS) is 1. The second kappa shape index (κ2) is 10.0. The molecule has 0 aliphatic carbocycles. The smallest absolute Gasteiger partial charge is 0.332 e. The lowest BCUT2D eigenvalue weighted by molar-refractivity contribution is -0.147. The van der Waals surface area contributed by atoms with Crippen molar-refractivity contribution < 1.29 is 24.9 Å². The van der Waals surface area contributed by atoms with Crippen LogP contribution in [0, 0.1) is 0 Å². The molecule has 0 aliphatic rings. The van der Waals surface area contributed by atoms with Gasteiger partial charge in [0.25, 0.3) is 5.91 Å². The van der Waals surface area contributed by atoms with Crippen LogP contribution in [0.4, 0.5) is 0 Å². The van der Waals surface area contributed by atoms with Crippen LogP contribution in [-0.4, -0.2) is 49.5 Å². The van der Waals surface area contributed by atoms with E-state index in [-0.39, 0.29) is 12.1 Å². The number of aliphatic hydroxyl groups excluding tert-OH is 2. The van der Waals surface area contributed by atoms with Gasteiger partial charge < -0.3 is 20.6 Å². The van der Waals surface area contributed by atoms with Crippen molar-refractivity contribution in [1.29, 1.82) is 0 Å². The standard InChI is InChI=1S/C23H25N3O5/c1-14(27)19-13-20(26-25-19)22(29)24-18(12-21(28)23(30)31)11-15-7-9-17(10-8-15)16-5-3-2-4-6-16/h2-10,13-14,18,21,27-28H,11-12H2,1H3,(H,24,29)(H,25,26)(H,30,31)/t14-,18?,21?/m0/s1. The molecule has 0 aliphatic heterocycles. The van der Waals surface area contributed by atoms with Crippen LogP contribution < -0.4 is 5.32 Å². The fourth-order valence-corrected chi connectivity index (χ4v) is 3.24. The molecular formula is C23H25N3O5. The Morgan fingerprint density at radius 3 is 2.26 bits per heavy atom. The first-order chi connectivity index (χ1) is 14.8. The molecule has 8 heteroatoms. The number of carboxylic acids is 1. The van der Waals surface area contributed by atoms with Crippen LogP contribution in [0.15, 0.2) is 60.7 Å². The Balaban J connectivity index is 1.73. The van der Waals surface area contributed by atoms with Gasteiger partial charge in [0.15, 0.2) is 6.10 Å². The highest BCUT2D eigenvalue weighted by Gasteiger charge is 2.23. The molecule has 3 rings (SSSR count). The van der Waals surface area contributed by atoms with E-state index in [2.05, 4.69) is 15.5 Å². The van der Waals surface area contributed by atoms with Crippen LogP contribution in [0.2, 0.25) is 0 Å². The first-order valence-corrected chi connectivity index (χ1v) is 9.93. The molecule has 2 aromatic carbocycles. The van der Waals surface area contributed by atoms with Crippen LogP contribution >= 0.6 is 0 Å². The summed E-state index contributed by atoms with van der Waals surface area (Å²) < 4.78 is 0. The summed E-state index contributed by atoms with van der Waals surface area (Å²) in [7, 11) is 0. The summed E-state index contributed by atoms with van der Waals surface area (Å²) in [6, 6.07) is 18.4. The third-order valence-electron chi connectivity index (χ3n) is 4.95. The monoisotopic (exact) mass is 423 g/mol. The van der Waals surface area contributed by atoms with E-state index in [0.29, 0.717) is 12.1 Å². The van der Waals surface area contributed by atoms with Crippen molar-refractivity contribution in [2.75, 3.05) is 0 Å². The molecule has 8 nitrogen and oxygen atoms in total. The maximum atomic E-state index is 12.6. The quantitative estimate of drug-likeness (QED) is 0.358. The van der Waals surface area contributed by atoms with Crippen LogP contribution in [0.3, 0.4) is 0 Å². The molecule has 3 atom stereocenters. The van der Waals surface area contributed by atoms with Crippen molar-refractivity contribution >= 4 is 11.9 Å². The fraction of sp³-hybridized carbons (Fsp3) is 0.261. The lowest BCUT2D eigenvalue weighted by atomic mass is 9.97. The van der Waals surface area contributed by atoms with E-state index in [9.17, 15) is 19.8 Å². The number of aromatic nitrogens is 2. The number of amides is 1.